The number of nitrogen functional groups attached to an aromatic ring is 1. The summed E-state index contributed by atoms with van der Waals surface area (Å²) in [6.07, 6.45) is 0. The van der Waals surface area contributed by atoms with Gasteiger partial charge in [-0.25, -0.2) is 9.07 Å². The van der Waals surface area contributed by atoms with Crippen LogP contribution in [-0.4, -0.2) is 9.78 Å². The molecular formula is C14H8BrFN4. The topological polar surface area (TPSA) is 67.6 Å². The first-order valence-corrected chi connectivity index (χ1v) is 6.53. The Morgan fingerprint density at radius 2 is 1.95 bits per heavy atom. The lowest BCUT2D eigenvalue weighted by Crippen LogP contribution is -1.99. The minimum absolute atomic E-state index is 0.337. The van der Waals surface area contributed by atoms with Crippen LogP contribution in [0.1, 0.15) is 5.69 Å². The van der Waals surface area contributed by atoms with Gasteiger partial charge in [-0.1, -0.05) is 0 Å². The Bertz CT molecular complexity index is 846. The Balaban J connectivity index is 2.31. The van der Waals surface area contributed by atoms with Crippen molar-refractivity contribution in [2.24, 2.45) is 0 Å². The third-order valence-corrected chi connectivity index (χ3v) is 3.65. The number of nitrogens with two attached hydrogens (primary N) is 1. The van der Waals surface area contributed by atoms with E-state index < -0.39 is 0 Å². The van der Waals surface area contributed by atoms with Crippen molar-refractivity contribution < 1.29 is 4.39 Å². The third kappa shape index (κ3) is 1.92. The molecule has 0 bridgehead atoms. The van der Waals surface area contributed by atoms with Crippen LogP contribution >= 0.6 is 15.9 Å². The number of rotatable bonds is 1. The summed E-state index contributed by atoms with van der Waals surface area (Å²) in [7, 11) is 0. The fourth-order valence-corrected chi connectivity index (χ4v) is 2.34. The third-order valence-electron chi connectivity index (χ3n) is 2.97. The van der Waals surface area contributed by atoms with Gasteiger partial charge in [0.05, 0.1) is 11.2 Å². The number of anilines is 1. The summed E-state index contributed by atoms with van der Waals surface area (Å²) in [5.74, 6) is -0.337. The van der Waals surface area contributed by atoms with Gasteiger partial charge >= 0.3 is 0 Å². The van der Waals surface area contributed by atoms with Gasteiger partial charge in [0.25, 0.3) is 0 Å². The van der Waals surface area contributed by atoms with Crippen LogP contribution in [0.25, 0.3) is 16.6 Å². The van der Waals surface area contributed by atoms with Gasteiger partial charge in [0.2, 0.25) is 0 Å². The monoisotopic (exact) mass is 330 g/mol. The van der Waals surface area contributed by atoms with E-state index in [0.717, 1.165) is 0 Å². The minimum atomic E-state index is -0.337. The summed E-state index contributed by atoms with van der Waals surface area (Å²) in [5.41, 5.74) is 7.98. The first-order chi connectivity index (χ1) is 9.60. The van der Waals surface area contributed by atoms with E-state index in [2.05, 4.69) is 27.1 Å². The highest BCUT2D eigenvalue weighted by atomic mass is 79.9. The van der Waals surface area contributed by atoms with E-state index >= 15 is 0 Å². The van der Waals surface area contributed by atoms with Crippen molar-refractivity contribution in [1.82, 2.24) is 9.78 Å². The number of halogens is 2. The lowest BCUT2D eigenvalue weighted by Gasteiger charge is -2.01. The fraction of sp³-hybridized carbons (Fsp3) is 0. The van der Waals surface area contributed by atoms with E-state index in [1.165, 1.54) is 16.8 Å². The molecule has 0 unspecified atom stereocenters. The van der Waals surface area contributed by atoms with Crippen molar-refractivity contribution in [1.29, 1.82) is 5.26 Å². The number of nitrogens with zero attached hydrogens (tertiary/aromatic N) is 3. The molecule has 2 aromatic carbocycles. The van der Waals surface area contributed by atoms with E-state index in [-0.39, 0.29) is 5.82 Å². The zero-order chi connectivity index (χ0) is 14.3. The van der Waals surface area contributed by atoms with Gasteiger partial charge in [-0.05, 0) is 52.3 Å². The van der Waals surface area contributed by atoms with Crippen molar-refractivity contribution >= 4 is 32.5 Å². The molecule has 1 aromatic heterocycles. The maximum Gasteiger partial charge on any atom is 0.152 e. The number of fused-ring (bicyclic) bond motifs is 1. The number of aromatic nitrogens is 2. The zero-order valence-corrected chi connectivity index (χ0v) is 11.7. The van der Waals surface area contributed by atoms with Crippen molar-refractivity contribution in [2.75, 3.05) is 5.73 Å². The van der Waals surface area contributed by atoms with Crippen molar-refractivity contribution in [3.8, 4) is 11.8 Å². The molecular weight excluding hydrogens is 323 g/mol. The normalized spacial score (nSPS) is 10.7. The van der Waals surface area contributed by atoms with Crippen LogP contribution in [0.2, 0.25) is 0 Å². The van der Waals surface area contributed by atoms with Crippen molar-refractivity contribution in [2.45, 2.75) is 0 Å². The Hall–Kier alpha value is -2.39. The molecule has 3 rings (SSSR count). The van der Waals surface area contributed by atoms with Crippen LogP contribution in [0.3, 0.4) is 0 Å². The summed E-state index contributed by atoms with van der Waals surface area (Å²) in [6, 6.07) is 11.4. The number of nitriles is 1. The van der Waals surface area contributed by atoms with E-state index in [9.17, 15) is 9.65 Å². The molecule has 0 aliphatic carbocycles. The predicted molar refractivity (Wildman–Crippen MR) is 77.9 cm³/mol. The summed E-state index contributed by atoms with van der Waals surface area (Å²) in [4.78, 5) is 0. The molecule has 2 N–H and O–H groups in total. The van der Waals surface area contributed by atoms with Crippen LogP contribution in [0, 0.1) is 17.1 Å². The Labute approximate surface area is 122 Å². The smallest absolute Gasteiger partial charge is 0.152 e. The molecule has 0 radical (unpaired) electrons. The molecule has 98 valence electrons. The van der Waals surface area contributed by atoms with E-state index in [4.69, 9.17) is 5.73 Å². The average Bonchev–Trinajstić information content (AvgIpc) is 2.78. The maximum absolute atomic E-state index is 13.0. The van der Waals surface area contributed by atoms with Crippen LogP contribution < -0.4 is 5.73 Å². The second-order valence-electron chi connectivity index (χ2n) is 4.24. The molecule has 0 atom stereocenters. The highest BCUT2D eigenvalue weighted by Crippen LogP contribution is 2.29. The lowest BCUT2D eigenvalue weighted by molar-refractivity contribution is 0.627. The predicted octanol–water partition coefficient (Wildman–Crippen LogP) is 3.38. The first-order valence-electron chi connectivity index (χ1n) is 5.74. The van der Waals surface area contributed by atoms with Gasteiger partial charge < -0.3 is 5.73 Å². The van der Waals surface area contributed by atoms with Crippen LogP contribution in [0.15, 0.2) is 40.9 Å². The molecule has 4 nitrogen and oxygen atoms in total. The van der Waals surface area contributed by atoms with Gasteiger partial charge in [0.15, 0.2) is 5.69 Å². The standard InChI is InChI=1S/C14H8BrFN4/c15-11-5-10-13(6-12(11)18)19-20(14(10)7-17)9-3-1-8(16)2-4-9/h1-6H,18H2. The van der Waals surface area contributed by atoms with Crippen molar-refractivity contribution in [3.63, 3.8) is 0 Å². The summed E-state index contributed by atoms with van der Waals surface area (Å²) < 4.78 is 15.2. The highest BCUT2D eigenvalue weighted by Gasteiger charge is 2.14. The van der Waals surface area contributed by atoms with Gasteiger partial charge in [0, 0.05) is 15.5 Å². The summed E-state index contributed by atoms with van der Waals surface area (Å²) in [5, 5.41) is 14.4. The Morgan fingerprint density at radius 3 is 2.60 bits per heavy atom. The van der Waals surface area contributed by atoms with Crippen LogP contribution in [-0.2, 0) is 0 Å². The fourth-order valence-electron chi connectivity index (χ4n) is 2.00. The Morgan fingerprint density at radius 1 is 1.25 bits per heavy atom. The van der Waals surface area contributed by atoms with Gasteiger partial charge in [-0.3, -0.25) is 0 Å². The summed E-state index contributed by atoms with van der Waals surface area (Å²) in [6.45, 7) is 0. The second kappa shape index (κ2) is 4.62. The zero-order valence-electron chi connectivity index (χ0n) is 10.1. The molecule has 20 heavy (non-hydrogen) atoms. The lowest BCUT2D eigenvalue weighted by atomic mass is 10.2. The molecule has 0 amide bonds. The number of hydrogen-bond donors (Lipinski definition) is 1. The van der Waals surface area contributed by atoms with Crippen LogP contribution in [0.5, 0.6) is 0 Å². The molecule has 0 aliphatic rings. The van der Waals surface area contributed by atoms with E-state index in [0.29, 0.717) is 32.4 Å². The molecule has 0 saturated carbocycles. The first kappa shape index (κ1) is 12.6. The molecule has 0 spiro atoms. The molecule has 0 aliphatic heterocycles. The number of hydrogen-bond acceptors (Lipinski definition) is 3. The molecule has 0 fully saturated rings. The van der Waals surface area contributed by atoms with Crippen LogP contribution in [0.4, 0.5) is 10.1 Å². The molecule has 3 aromatic rings. The van der Waals surface area contributed by atoms with E-state index in [1.807, 2.05) is 0 Å². The quantitative estimate of drug-likeness (QED) is 0.695. The maximum atomic E-state index is 13.0. The van der Waals surface area contributed by atoms with Gasteiger partial charge in [-0.2, -0.15) is 10.4 Å². The molecule has 0 saturated heterocycles. The highest BCUT2D eigenvalue weighted by molar-refractivity contribution is 9.10. The van der Waals surface area contributed by atoms with E-state index in [1.54, 1.807) is 24.3 Å². The SMILES string of the molecule is N#Cc1c2cc(Br)c(N)cc2nn1-c1ccc(F)cc1. The average molecular weight is 331 g/mol. The van der Waals surface area contributed by atoms with Crippen molar-refractivity contribution in [3.05, 3.63) is 52.4 Å². The Kier molecular flexibility index (Phi) is 2.92. The molecule has 1 heterocycles. The minimum Gasteiger partial charge on any atom is -0.398 e. The molecule has 6 heteroatoms. The largest absolute Gasteiger partial charge is 0.398 e. The van der Waals surface area contributed by atoms with Gasteiger partial charge in [0.1, 0.15) is 11.9 Å². The van der Waals surface area contributed by atoms with Gasteiger partial charge in [-0.15, -0.1) is 0 Å². The summed E-state index contributed by atoms with van der Waals surface area (Å²) >= 11 is 3.33. The number of benzene rings is 2. The second-order valence-corrected chi connectivity index (χ2v) is 5.09.